The maximum Gasteiger partial charge on any atom is 0.231 e. The number of fused-ring (bicyclic) bond motifs is 1. The number of hydrogen-bond acceptors (Lipinski definition) is 5. The van der Waals surface area contributed by atoms with Crippen LogP contribution in [0.4, 0.5) is 0 Å². The summed E-state index contributed by atoms with van der Waals surface area (Å²) in [5.74, 6) is 1.01. The molecule has 7 heteroatoms. The molecule has 0 spiro atoms. The number of hydrogen-bond donors (Lipinski definition) is 2. The Labute approximate surface area is 151 Å². The highest BCUT2D eigenvalue weighted by Crippen LogP contribution is 2.32. The summed E-state index contributed by atoms with van der Waals surface area (Å²) in [6, 6.07) is 8.10. The van der Waals surface area contributed by atoms with Crippen LogP contribution in [-0.2, 0) is 11.2 Å². The first-order valence-electron chi connectivity index (χ1n) is 8.89. The molecule has 26 heavy (non-hydrogen) atoms. The van der Waals surface area contributed by atoms with Gasteiger partial charge in [0.05, 0.1) is 5.92 Å². The van der Waals surface area contributed by atoms with Crippen LogP contribution in [0, 0.1) is 12.8 Å². The molecule has 1 aliphatic rings. The number of carbonyl (C=O) groups is 1. The molecular weight excluding hydrogens is 332 g/mol. The Morgan fingerprint density at radius 3 is 3.00 bits per heavy atom. The van der Waals surface area contributed by atoms with Crippen molar-refractivity contribution in [3.05, 3.63) is 47.7 Å². The van der Waals surface area contributed by atoms with E-state index in [-0.39, 0.29) is 24.3 Å². The minimum Gasteiger partial charge on any atom is -0.396 e. The van der Waals surface area contributed by atoms with E-state index in [0.29, 0.717) is 37.6 Å². The standard InChI is InChI=1S/C19H22N4O3/c1-12-21-19(26-22-12)16-10-23(9-14(16)11-24)18(25)7-6-13-8-20-17-5-3-2-4-15(13)17/h2-5,8,14,16,20,24H,6-7,9-11H2,1H3. The van der Waals surface area contributed by atoms with Gasteiger partial charge in [0.25, 0.3) is 0 Å². The second-order valence-electron chi connectivity index (χ2n) is 6.89. The van der Waals surface area contributed by atoms with Gasteiger partial charge in [-0.05, 0) is 25.0 Å². The van der Waals surface area contributed by atoms with E-state index < -0.39 is 0 Å². The van der Waals surface area contributed by atoms with Crippen molar-refractivity contribution < 1.29 is 14.4 Å². The predicted octanol–water partition coefficient (Wildman–Crippen LogP) is 2.03. The number of rotatable bonds is 5. The molecule has 1 saturated heterocycles. The van der Waals surface area contributed by atoms with Crippen molar-refractivity contribution in [1.29, 1.82) is 0 Å². The highest BCUT2D eigenvalue weighted by Gasteiger charge is 2.38. The first kappa shape index (κ1) is 16.8. The molecule has 1 aromatic carbocycles. The topological polar surface area (TPSA) is 95.2 Å². The van der Waals surface area contributed by atoms with Gasteiger partial charge in [-0.3, -0.25) is 4.79 Å². The fraction of sp³-hybridized carbons (Fsp3) is 0.421. The van der Waals surface area contributed by atoms with Crippen molar-refractivity contribution in [1.82, 2.24) is 20.0 Å². The third-order valence-corrected chi connectivity index (χ3v) is 5.17. The summed E-state index contributed by atoms with van der Waals surface area (Å²) < 4.78 is 5.26. The lowest BCUT2D eigenvalue weighted by atomic mass is 9.97. The Balaban J connectivity index is 1.42. The number of H-pyrrole nitrogens is 1. The van der Waals surface area contributed by atoms with Gasteiger partial charge in [-0.25, -0.2) is 0 Å². The van der Waals surface area contributed by atoms with Crippen LogP contribution in [0.5, 0.6) is 0 Å². The van der Waals surface area contributed by atoms with Crippen LogP contribution < -0.4 is 0 Å². The fourth-order valence-corrected chi connectivity index (χ4v) is 3.74. The zero-order valence-electron chi connectivity index (χ0n) is 14.7. The van der Waals surface area contributed by atoms with Gasteiger partial charge < -0.3 is 19.5 Å². The lowest BCUT2D eigenvalue weighted by Gasteiger charge is -2.15. The molecule has 2 unspecified atom stereocenters. The summed E-state index contributed by atoms with van der Waals surface area (Å²) >= 11 is 0. The van der Waals surface area contributed by atoms with Gasteiger partial charge in [0.15, 0.2) is 5.82 Å². The summed E-state index contributed by atoms with van der Waals surface area (Å²) in [6.07, 6.45) is 3.10. The van der Waals surface area contributed by atoms with Gasteiger partial charge in [-0.1, -0.05) is 23.4 Å². The first-order valence-corrected chi connectivity index (χ1v) is 8.89. The Hall–Kier alpha value is -2.67. The molecule has 2 N–H and O–H groups in total. The van der Waals surface area contributed by atoms with Crippen molar-refractivity contribution in [3.8, 4) is 0 Å². The predicted molar refractivity (Wildman–Crippen MR) is 95.6 cm³/mol. The molecule has 4 rings (SSSR count). The SMILES string of the molecule is Cc1noc(C2CN(C(=O)CCc3c[nH]c4ccccc34)CC2CO)n1. The summed E-state index contributed by atoms with van der Waals surface area (Å²) in [5.41, 5.74) is 2.24. The third kappa shape index (κ3) is 3.10. The van der Waals surface area contributed by atoms with Gasteiger partial charge in [0.1, 0.15) is 0 Å². The molecule has 3 aromatic rings. The number of nitrogens with one attached hydrogen (secondary N) is 1. The molecule has 1 aliphatic heterocycles. The van der Waals surface area contributed by atoms with Crippen molar-refractivity contribution in [2.75, 3.05) is 19.7 Å². The second-order valence-corrected chi connectivity index (χ2v) is 6.89. The van der Waals surface area contributed by atoms with Crippen LogP contribution in [0.15, 0.2) is 35.0 Å². The van der Waals surface area contributed by atoms with Crippen molar-refractivity contribution in [3.63, 3.8) is 0 Å². The molecule has 3 heterocycles. The summed E-state index contributed by atoms with van der Waals surface area (Å²) in [5, 5.41) is 14.7. The highest BCUT2D eigenvalue weighted by molar-refractivity contribution is 5.84. The molecule has 0 radical (unpaired) electrons. The number of likely N-dealkylation sites (tertiary alicyclic amines) is 1. The average molecular weight is 354 g/mol. The molecular formula is C19H22N4O3. The number of aromatic amines is 1. The van der Waals surface area contributed by atoms with Gasteiger partial charge in [0, 0.05) is 49.1 Å². The smallest absolute Gasteiger partial charge is 0.231 e. The lowest BCUT2D eigenvalue weighted by Crippen LogP contribution is -2.29. The number of carbonyl (C=O) groups excluding carboxylic acids is 1. The molecule has 136 valence electrons. The molecule has 2 aromatic heterocycles. The number of aryl methyl sites for hydroxylation is 2. The minimum absolute atomic E-state index is 0.00166. The zero-order chi connectivity index (χ0) is 18.1. The fourth-order valence-electron chi connectivity index (χ4n) is 3.74. The molecule has 2 atom stereocenters. The van der Waals surface area contributed by atoms with E-state index in [1.165, 1.54) is 0 Å². The summed E-state index contributed by atoms with van der Waals surface area (Å²) in [4.78, 5) is 22.0. The third-order valence-electron chi connectivity index (χ3n) is 5.17. The van der Waals surface area contributed by atoms with Gasteiger partial charge in [0.2, 0.25) is 11.8 Å². The van der Waals surface area contributed by atoms with Crippen LogP contribution in [0.2, 0.25) is 0 Å². The van der Waals surface area contributed by atoms with E-state index in [4.69, 9.17) is 4.52 Å². The number of aromatic nitrogens is 3. The summed E-state index contributed by atoms with van der Waals surface area (Å²) in [7, 11) is 0. The molecule has 0 bridgehead atoms. The van der Waals surface area contributed by atoms with E-state index in [0.717, 1.165) is 16.5 Å². The minimum atomic E-state index is -0.0989. The van der Waals surface area contributed by atoms with Crippen LogP contribution >= 0.6 is 0 Å². The number of aliphatic hydroxyl groups excluding tert-OH is 1. The molecule has 0 aliphatic carbocycles. The van der Waals surface area contributed by atoms with Gasteiger partial charge in [-0.15, -0.1) is 0 Å². The van der Waals surface area contributed by atoms with Gasteiger partial charge in [-0.2, -0.15) is 4.98 Å². The largest absolute Gasteiger partial charge is 0.396 e. The number of nitrogens with zero attached hydrogens (tertiary/aromatic N) is 3. The van der Waals surface area contributed by atoms with Crippen LogP contribution in [-0.4, -0.2) is 50.7 Å². The van der Waals surface area contributed by atoms with E-state index in [9.17, 15) is 9.90 Å². The van der Waals surface area contributed by atoms with Crippen LogP contribution in [0.25, 0.3) is 10.9 Å². The maximum atomic E-state index is 12.7. The molecule has 1 amide bonds. The van der Waals surface area contributed by atoms with Crippen molar-refractivity contribution in [2.45, 2.75) is 25.7 Å². The van der Waals surface area contributed by atoms with Crippen LogP contribution in [0.3, 0.4) is 0 Å². The number of benzene rings is 1. The Morgan fingerprint density at radius 1 is 1.38 bits per heavy atom. The molecule has 0 saturated carbocycles. The Bertz CT molecular complexity index is 916. The number of amides is 1. The van der Waals surface area contributed by atoms with Crippen molar-refractivity contribution >= 4 is 16.8 Å². The van der Waals surface area contributed by atoms with E-state index in [1.807, 2.05) is 24.4 Å². The number of para-hydroxylation sites is 1. The lowest BCUT2D eigenvalue weighted by molar-refractivity contribution is -0.130. The van der Waals surface area contributed by atoms with Gasteiger partial charge >= 0.3 is 0 Å². The average Bonchev–Trinajstić information content (AvgIpc) is 3.37. The normalized spacial score (nSPS) is 20.2. The first-order chi connectivity index (χ1) is 12.7. The quantitative estimate of drug-likeness (QED) is 0.731. The van der Waals surface area contributed by atoms with Crippen LogP contribution in [0.1, 0.15) is 29.6 Å². The van der Waals surface area contributed by atoms with E-state index >= 15 is 0 Å². The second kappa shape index (κ2) is 6.92. The van der Waals surface area contributed by atoms with Crippen molar-refractivity contribution in [2.24, 2.45) is 5.92 Å². The Kier molecular flexibility index (Phi) is 4.46. The van der Waals surface area contributed by atoms with E-state index in [2.05, 4.69) is 21.2 Å². The van der Waals surface area contributed by atoms with E-state index in [1.54, 1.807) is 11.8 Å². The maximum absolute atomic E-state index is 12.7. The Morgan fingerprint density at radius 2 is 2.23 bits per heavy atom. The zero-order valence-corrected chi connectivity index (χ0v) is 14.7. The molecule has 1 fully saturated rings. The monoisotopic (exact) mass is 354 g/mol. The molecule has 7 nitrogen and oxygen atoms in total. The summed E-state index contributed by atoms with van der Waals surface area (Å²) in [6.45, 7) is 2.80. The number of aliphatic hydroxyl groups is 1. The highest BCUT2D eigenvalue weighted by atomic mass is 16.5.